The molecular weight excluding hydrogens is 231 g/mol. The Hall–Kier alpha value is -1.41. The van der Waals surface area contributed by atoms with E-state index >= 15 is 0 Å². The van der Waals surface area contributed by atoms with Crippen molar-refractivity contribution in [2.75, 3.05) is 6.61 Å². The fraction of sp³-hybridized carbons (Fsp3) is 0.222. The number of rotatable bonds is 2. The molecule has 0 bridgehead atoms. The lowest BCUT2D eigenvalue weighted by Crippen LogP contribution is -2.19. The van der Waals surface area contributed by atoms with Gasteiger partial charge in [0.15, 0.2) is 6.61 Å². The quantitative estimate of drug-likeness (QED) is 0.789. The molecule has 0 radical (unpaired) electrons. The average Bonchev–Trinajstić information content (AvgIpc) is 2.15. The monoisotopic (exact) mass is 235 g/mol. The summed E-state index contributed by atoms with van der Waals surface area (Å²) in [5, 5.41) is 8.45. The van der Waals surface area contributed by atoms with E-state index in [9.17, 15) is 13.2 Å². The summed E-state index contributed by atoms with van der Waals surface area (Å²) in [4.78, 5) is 0. The Kier molecular flexibility index (Phi) is 3.43. The molecule has 15 heavy (non-hydrogen) atoms. The first-order valence-corrected chi connectivity index (χ1v) is 4.20. The number of alkyl halides is 3. The largest absolute Gasteiger partial charge is 0.483 e. The summed E-state index contributed by atoms with van der Waals surface area (Å²) in [6.45, 7) is -1.43. The van der Waals surface area contributed by atoms with Gasteiger partial charge in [0.1, 0.15) is 16.8 Å². The van der Waals surface area contributed by atoms with E-state index in [2.05, 4.69) is 4.74 Å². The van der Waals surface area contributed by atoms with E-state index in [1.807, 2.05) is 0 Å². The molecule has 0 amide bonds. The van der Waals surface area contributed by atoms with Crippen molar-refractivity contribution in [3.63, 3.8) is 0 Å². The number of nitriles is 1. The lowest BCUT2D eigenvalue weighted by molar-refractivity contribution is -0.153. The summed E-state index contributed by atoms with van der Waals surface area (Å²) in [6, 6.07) is 5.80. The normalized spacial score (nSPS) is 10.9. The summed E-state index contributed by atoms with van der Waals surface area (Å²) < 4.78 is 39.9. The molecule has 1 rings (SSSR count). The first-order chi connectivity index (χ1) is 6.94. The van der Waals surface area contributed by atoms with E-state index in [-0.39, 0.29) is 16.3 Å². The minimum absolute atomic E-state index is 0.0799. The zero-order valence-corrected chi connectivity index (χ0v) is 8.06. The van der Waals surface area contributed by atoms with Gasteiger partial charge in [0.2, 0.25) is 0 Å². The van der Waals surface area contributed by atoms with Crippen molar-refractivity contribution >= 4 is 11.6 Å². The third-order valence-corrected chi connectivity index (χ3v) is 1.86. The Labute approximate surface area is 88.8 Å². The minimum Gasteiger partial charge on any atom is -0.483 e. The van der Waals surface area contributed by atoms with Crippen LogP contribution in [0.3, 0.4) is 0 Å². The van der Waals surface area contributed by atoms with Gasteiger partial charge in [-0.2, -0.15) is 18.4 Å². The molecule has 0 aromatic heterocycles. The van der Waals surface area contributed by atoms with Gasteiger partial charge in [-0.05, 0) is 12.1 Å². The Morgan fingerprint density at radius 2 is 2.07 bits per heavy atom. The third-order valence-electron chi connectivity index (χ3n) is 1.48. The zero-order valence-electron chi connectivity index (χ0n) is 7.31. The molecule has 80 valence electrons. The number of nitrogens with zero attached hydrogens (tertiary/aromatic N) is 1. The second-order valence-corrected chi connectivity index (χ2v) is 3.01. The Morgan fingerprint density at radius 1 is 1.40 bits per heavy atom. The van der Waals surface area contributed by atoms with Crippen LogP contribution in [-0.4, -0.2) is 12.8 Å². The van der Waals surface area contributed by atoms with Crippen molar-refractivity contribution < 1.29 is 17.9 Å². The first kappa shape index (κ1) is 11.7. The highest BCUT2D eigenvalue weighted by molar-refractivity contribution is 6.33. The van der Waals surface area contributed by atoms with Crippen LogP contribution < -0.4 is 4.74 Å². The molecule has 0 heterocycles. The van der Waals surface area contributed by atoms with Crippen molar-refractivity contribution in [3.05, 3.63) is 28.8 Å². The SMILES string of the molecule is N#Cc1cccc(OCC(F)(F)F)c1Cl. The van der Waals surface area contributed by atoms with Crippen LogP contribution in [0.15, 0.2) is 18.2 Å². The summed E-state index contributed by atoms with van der Waals surface area (Å²) in [6.07, 6.45) is -4.42. The summed E-state index contributed by atoms with van der Waals surface area (Å²) in [5.41, 5.74) is 0.0799. The fourth-order valence-corrected chi connectivity index (χ4v) is 1.09. The molecule has 0 aliphatic heterocycles. The van der Waals surface area contributed by atoms with Crippen LogP contribution >= 0.6 is 11.6 Å². The highest BCUT2D eigenvalue weighted by atomic mass is 35.5. The molecule has 0 fully saturated rings. The van der Waals surface area contributed by atoms with Crippen molar-refractivity contribution in [2.45, 2.75) is 6.18 Å². The van der Waals surface area contributed by atoms with E-state index in [0.717, 1.165) is 0 Å². The number of ether oxygens (including phenoxy) is 1. The third kappa shape index (κ3) is 3.33. The maximum atomic E-state index is 11.8. The standard InChI is InChI=1S/C9H5ClF3NO/c10-8-6(4-14)2-1-3-7(8)15-5-9(11,12)13/h1-3H,5H2. The predicted molar refractivity (Wildman–Crippen MR) is 47.7 cm³/mol. The van der Waals surface area contributed by atoms with E-state index < -0.39 is 12.8 Å². The number of benzene rings is 1. The molecular formula is C9H5ClF3NO. The van der Waals surface area contributed by atoms with Crippen molar-refractivity contribution in [1.29, 1.82) is 5.26 Å². The lowest BCUT2D eigenvalue weighted by atomic mass is 10.2. The number of hydrogen-bond acceptors (Lipinski definition) is 2. The Morgan fingerprint density at radius 3 is 2.60 bits per heavy atom. The molecule has 0 saturated carbocycles. The molecule has 1 aromatic carbocycles. The van der Waals surface area contributed by atoms with Crippen LogP contribution in [0, 0.1) is 11.3 Å². The van der Waals surface area contributed by atoms with Crippen LogP contribution in [-0.2, 0) is 0 Å². The van der Waals surface area contributed by atoms with Crippen LogP contribution in [0.5, 0.6) is 5.75 Å². The zero-order chi connectivity index (χ0) is 11.5. The van der Waals surface area contributed by atoms with Gasteiger partial charge in [-0.15, -0.1) is 0 Å². The van der Waals surface area contributed by atoms with Gasteiger partial charge in [-0.3, -0.25) is 0 Å². The first-order valence-electron chi connectivity index (χ1n) is 3.82. The van der Waals surface area contributed by atoms with E-state index in [0.29, 0.717) is 0 Å². The molecule has 2 nitrogen and oxygen atoms in total. The van der Waals surface area contributed by atoms with Crippen LogP contribution in [0.4, 0.5) is 13.2 Å². The molecule has 0 aliphatic rings. The second kappa shape index (κ2) is 4.41. The van der Waals surface area contributed by atoms with Gasteiger partial charge in [-0.1, -0.05) is 17.7 Å². The van der Waals surface area contributed by atoms with E-state index in [4.69, 9.17) is 16.9 Å². The van der Waals surface area contributed by atoms with Crippen molar-refractivity contribution in [1.82, 2.24) is 0 Å². The van der Waals surface area contributed by atoms with Gasteiger partial charge in [-0.25, -0.2) is 0 Å². The smallest absolute Gasteiger partial charge is 0.422 e. The molecule has 0 atom stereocenters. The highest BCUT2D eigenvalue weighted by Gasteiger charge is 2.28. The maximum absolute atomic E-state index is 11.8. The van der Waals surface area contributed by atoms with Crippen molar-refractivity contribution in [3.8, 4) is 11.8 Å². The molecule has 0 aliphatic carbocycles. The van der Waals surface area contributed by atoms with E-state index in [1.165, 1.54) is 18.2 Å². The van der Waals surface area contributed by atoms with Crippen molar-refractivity contribution in [2.24, 2.45) is 0 Å². The molecule has 1 aromatic rings. The predicted octanol–water partition coefficient (Wildman–Crippen LogP) is 3.15. The van der Waals surface area contributed by atoms with Crippen LogP contribution in [0.25, 0.3) is 0 Å². The molecule has 0 N–H and O–H groups in total. The molecule has 0 saturated heterocycles. The van der Waals surface area contributed by atoms with Gasteiger partial charge in [0.05, 0.1) is 5.56 Å². The maximum Gasteiger partial charge on any atom is 0.422 e. The fourth-order valence-electron chi connectivity index (χ4n) is 0.868. The molecule has 0 unspecified atom stereocenters. The topological polar surface area (TPSA) is 33.0 Å². The lowest BCUT2D eigenvalue weighted by Gasteiger charge is -2.10. The van der Waals surface area contributed by atoms with Gasteiger partial charge >= 0.3 is 6.18 Å². The molecule has 0 spiro atoms. The second-order valence-electron chi connectivity index (χ2n) is 2.63. The van der Waals surface area contributed by atoms with Crippen LogP contribution in [0.2, 0.25) is 5.02 Å². The van der Waals surface area contributed by atoms with Gasteiger partial charge < -0.3 is 4.74 Å². The summed E-state index contributed by atoms with van der Waals surface area (Å²) >= 11 is 5.62. The van der Waals surface area contributed by atoms with Crippen LogP contribution in [0.1, 0.15) is 5.56 Å². The summed E-state index contributed by atoms with van der Waals surface area (Å²) in [5.74, 6) is -0.145. The van der Waals surface area contributed by atoms with Gasteiger partial charge in [0, 0.05) is 0 Å². The Balaban J connectivity index is 2.83. The minimum atomic E-state index is -4.42. The summed E-state index contributed by atoms with van der Waals surface area (Å²) in [7, 11) is 0. The Bertz CT molecular complexity index is 397. The molecule has 6 heteroatoms. The highest BCUT2D eigenvalue weighted by Crippen LogP contribution is 2.29. The number of hydrogen-bond donors (Lipinski definition) is 0. The average molecular weight is 236 g/mol. The number of halogens is 4. The van der Waals surface area contributed by atoms with E-state index in [1.54, 1.807) is 6.07 Å². The van der Waals surface area contributed by atoms with Gasteiger partial charge in [0.25, 0.3) is 0 Å².